The van der Waals surface area contributed by atoms with Gasteiger partial charge in [0.05, 0.1) is 0 Å². The van der Waals surface area contributed by atoms with Crippen LogP contribution in [0.2, 0.25) is 0 Å². The molecule has 1 aliphatic rings. The lowest BCUT2D eigenvalue weighted by Crippen LogP contribution is -2.49. The fourth-order valence-electron chi connectivity index (χ4n) is 3.39. The van der Waals surface area contributed by atoms with E-state index in [0.29, 0.717) is 12.0 Å². The zero-order valence-electron chi connectivity index (χ0n) is 12.9. The van der Waals surface area contributed by atoms with Crippen LogP contribution >= 0.6 is 0 Å². The number of ether oxygens (including phenoxy) is 1. The fraction of sp³-hybridized carbons (Fsp3) is 0.647. The van der Waals surface area contributed by atoms with Crippen LogP contribution in [0.1, 0.15) is 37.8 Å². The van der Waals surface area contributed by atoms with Crippen LogP contribution in [0.15, 0.2) is 18.2 Å². The normalized spacial score (nSPS) is 31.2. The van der Waals surface area contributed by atoms with Gasteiger partial charge in [-0.05, 0) is 57.2 Å². The van der Waals surface area contributed by atoms with Gasteiger partial charge in [0, 0.05) is 6.04 Å². The first-order valence-corrected chi connectivity index (χ1v) is 7.42. The molecule has 1 saturated carbocycles. The summed E-state index contributed by atoms with van der Waals surface area (Å²) in [5.41, 5.74) is 2.53. The van der Waals surface area contributed by atoms with Crippen LogP contribution in [0.5, 0.6) is 5.75 Å². The summed E-state index contributed by atoms with van der Waals surface area (Å²) < 4.78 is 6.34. The number of benzene rings is 1. The summed E-state index contributed by atoms with van der Waals surface area (Å²) in [7, 11) is 2.05. The number of rotatable bonds is 3. The summed E-state index contributed by atoms with van der Waals surface area (Å²) in [5.74, 6) is 2.42. The Balaban J connectivity index is 2.15. The Hall–Kier alpha value is -1.02. The number of aryl methyl sites for hydroxylation is 2. The highest BCUT2D eigenvalue weighted by Crippen LogP contribution is 2.33. The smallest absolute Gasteiger partial charge is 0.122 e. The van der Waals surface area contributed by atoms with Crippen molar-refractivity contribution in [2.75, 3.05) is 7.05 Å². The lowest BCUT2D eigenvalue weighted by atomic mass is 9.78. The Bertz CT molecular complexity index is 429. The van der Waals surface area contributed by atoms with Crippen molar-refractivity contribution in [2.24, 2.45) is 11.8 Å². The van der Waals surface area contributed by atoms with Crippen LogP contribution in [-0.2, 0) is 0 Å². The van der Waals surface area contributed by atoms with Crippen molar-refractivity contribution < 1.29 is 4.74 Å². The summed E-state index contributed by atoms with van der Waals surface area (Å²) >= 11 is 0. The monoisotopic (exact) mass is 261 g/mol. The molecular weight excluding hydrogens is 234 g/mol. The van der Waals surface area contributed by atoms with Crippen molar-refractivity contribution in [3.8, 4) is 5.75 Å². The Labute approximate surface area is 117 Å². The van der Waals surface area contributed by atoms with E-state index in [9.17, 15) is 0 Å². The Morgan fingerprint density at radius 2 is 1.89 bits per heavy atom. The second-order valence-electron chi connectivity index (χ2n) is 6.30. The topological polar surface area (TPSA) is 21.3 Å². The average molecular weight is 261 g/mol. The van der Waals surface area contributed by atoms with Gasteiger partial charge in [0.25, 0.3) is 0 Å². The summed E-state index contributed by atoms with van der Waals surface area (Å²) in [6, 6.07) is 6.90. The van der Waals surface area contributed by atoms with Crippen LogP contribution in [0, 0.1) is 25.7 Å². The molecule has 1 fully saturated rings. The van der Waals surface area contributed by atoms with Crippen LogP contribution in [0.3, 0.4) is 0 Å². The molecule has 4 unspecified atom stereocenters. The minimum atomic E-state index is 0.280. The van der Waals surface area contributed by atoms with E-state index in [-0.39, 0.29) is 6.10 Å². The van der Waals surface area contributed by atoms with E-state index in [1.54, 1.807) is 0 Å². The molecule has 106 valence electrons. The van der Waals surface area contributed by atoms with Gasteiger partial charge in [0.1, 0.15) is 11.9 Å². The third-order valence-electron chi connectivity index (χ3n) is 4.35. The van der Waals surface area contributed by atoms with Crippen molar-refractivity contribution >= 4 is 0 Å². The summed E-state index contributed by atoms with van der Waals surface area (Å²) in [6.45, 7) is 8.91. The number of likely N-dealkylation sites (N-methyl/N-ethyl adjacent to an activating group) is 1. The van der Waals surface area contributed by atoms with E-state index in [1.807, 2.05) is 7.05 Å². The van der Waals surface area contributed by atoms with Gasteiger partial charge in [-0.2, -0.15) is 0 Å². The van der Waals surface area contributed by atoms with Gasteiger partial charge in [-0.25, -0.2) is 0 Å². The van der Waals surface area contributed by atoms with Gasteiger partial charge >= 0.3 is 0 Å². The first kappa shape index (κ1) is 14.4. The fourth-order valence-corrected chi connectivity index (χ4v) is 3.39. The second kappa shape index (κ2) is 5.96. The van der Waals surface area contributed by atoms with Gasteiger partial charge in [-0.3, -0.25) is 0 Å². The van der Waals surface area contributed by atoms with E-state index in [4.69, 9.17) is 4.74 Å². The van der Waals surface area contributed by atoms with E-state index < -0.39 is 0 Å². The van der Waals surface area contributed by atoms with E-state index >= 15 is 0 Å². The molecule has 0 amide bonds. The minimum absolute atomic E-state index is 0.280. The molecule has 2 heteroatoms. The Morgan fingerprint density at radius 3 is 2.53 bits per heavy atom. The molecule has 1 aromatic rings. The van der Waals surface area contributed by atoms with Gasteiger partial charge in [0.15, 0.2) is 0 Å². The summed E-state index contributed by atoms with van der Waals surface area (Å²) in [6.07, 6.45) is 2.74. The molecule has 0 radical (unpaired) electrons. The van der Waals surface area contributed by atoms with Crippen LogP contribution in [-0.4, -0.2) is 19.2 Å². The standard InChI is InChI=1S/C17H27NO/c1-11-6-7-16(13(3)8-11)19-17-14(4)9-12(2)10-15(17)18-5/h6-8,12,14-15,17-18H,9-10H2,1-5H3. The molecule has 4 atom stereocenters. The quantitative estimate of drug-likeness (QED) is 0.895. The highest BCUT2D eigenvalue weighted by molar-refractivity contribution is 5.36. The number of nitrogens with one attached hydrogen (secondary N) is 1. The molecule has 0 heterocycles. The predicted molar refractivity (Wildman–Crippen MR) is 80.7 cm³/mol. The zero-order chi connectivity index (χ0) is 14.0. The zero-order valence-corrected chi connectivity index (χ0v) is 12.9. The molecule has 1 aromatic carbocycles. The molecule has 2 rings (SSSR count). The molecule has 0 bridgehead atoms. The second-order valence-corrected chi connectivity index (χ2v) is 6.30. The summed E-state index contributed by atoms with van der Waals surface area (Å²) in [4.78, 5) is 0. The van der Waals surface area contributed by atoms with Crippen molar-refractivity contribution in [3.63, 3.8) is 0 Å². The SMILES string of the molecule is CNC1CC(C)CC(C)C1Oc1ccc(C)cc1C. The molecular formula is C17H27NO. The average Bonchev–Trinajstić information content (AvgIpc) is 2.34. The third-order valence-corrected chi connectivity index (χ3v) is 4.35. The van der Waals surface area contributed by atoms with E-state index in [2.05, 4.69) is 51.2 Å². The largest absolute Gasteiger partial charge is 0.488 e. The number of hydrogen-bond acceptors (Lipinski definition) is 2. The molecule has 2 nitrogen and oxygen atoms in total. The van der Waals surface area contributed by atoms with Gasteiger partial charge in [-0.15, -0.1) is 0 Å². The molecule has 0 spiro atoms. The Morgan fingerprint density at radius 1 is 1.16 bits per heavy atom. The first-order chi connectivity index (χ1) is 9.01. The molecule has 0 aliphatic heterocycles. The lowest BCUT2D eigenvalue weighted by molar-refractivity contribution is 0.0501. The van der Waals surface area contributed by atoms with Gasteiger partial charge in [0.2, 0.25) is 0 Å². The maximum Gasteiger partial charge on any atom is 0.122 e. The van der Waals surface area contributed by atoms with Gasteiger partial charge in [-0.1, -0.05) is 31.5 Å². The van der Waals surface area contributed by atoms with Crippen LogP contribution in [0.4, 0.5) is 0 Å². The van der Waals surface area contributed by atoms with Crippen molar-refractivity contribution in [2.45, 2.75) is 52.7 Å². The van der Waals surface area contributed by atoms with Crippen molar-refractivity contribution in [3.05, 3.63) is 29.3 Å². The maximum atomic E-state index is 6.34. The molecule has 0 aromatic heterocycles. The highest BCUT2D eigenvalue weighted by Gasteiger charge is 2.34. The van der Waals surface area contributed by atoms with Crippen molar-refractivity contribution in [1.29, 1.82) is 0 Å². The Kier molecular flexibility index (Phi) is 4.51. The maximum absolute atomic E-state index is 6.34. The molecule has 1 aliphatic carbocycles. The highest BCUT2D eigenvalue weighted by atomic mass is 16.5. The minimum Gasteiger partial charge on any atom is -0.488 e. The molecule has 0 saturated heterocycles. The molecule has 19 heavy (non-hydrogen) atoms. The van der Waals surface area contributed by atoms with E-state index in [0.717, 1.165) is 11.7 Å². The third kappa shape index (κ3) is 3.30. The van der Waals surface area contributed by atoms with Gasteiger partial charge < -0.3 is 10.1 Å². The number of hydrogen-bond donors (Lipinski definition) is 1. The van der Waals surface area contributed by atoms with Crippen molar-refractivity contribution in [1.82, 2.24) is 5.32 Å². The predicted octanol–water partition coefficient (Wildman–Crippen LogP) is 3.70. The first-order valence-electron chi connectivity index (χ1n) is 7.42. The van der Waals surface area contributed by atoms with E-state index in [1.165, 1.54) is 24.0 Å². The van der Waals surface area contributed by atoms with Crippen LogP contribution in [0.25, 0.3) is 0 Å². The van der Waals surface area contributed by atoms with Crippen LogP contribution < -0.4 is 10.1 Å². The summed E-state index contributed by atoms with van der Waals surface area (Å²) in [5, 5.41) is 3.44. The molecule has 1 N–H and O–H groups in total. The lowest BCUT2D eigenvalue weighted by Gasteiger charge is -2.39.